The third kappa shape index (κ3) is 2.99. The highest BCUT2D eigenvalue weighted by molar-refractivity contribution is 5.24. The molecule has 0 amide bonds. The minimum atomic E-state index is 0.499. The van der Waals surface area contributed by atoms with Crippen LogP contribution in [0.3, 0.4) is 0 Å². The number of aryl methyl sites for hydroxylation is 3. The second kappa shape index (κ2) is 5.21. The quantitative estimate of drug-likeness (QED) is 0.819. The molecule has 0 saturated heterocycles. The van der Waals surface area contributed by atoms with Gasteiger partial charge >= 0.3 is 0 Å². The predicted octanol–water partition coefficient (Wildman–Crippen LogP) is 1.79. The summed E-state index contributed by atoms with van der Waals surface area (Å²) in [6.07, 6.45) is 1.88. The van der Waals surface area contributed by atoms with Crippen molar-refractivity contribution in [3.63, 3.8) is 0 Å². The molecule has 1 heterocycles. The SMILES string of the molecule is CCc1nc(C)c(CC(C)CN)c(C)n1. The molecule has 1 aromatic rings. The highest BCUT2D eigenvalue weighted by atomic mass is 14.9. The molecule has 2 N–H and O–H groups in total. The molecule has 0 radical (unpaired) electrons. The van der Waals surface area contributed by atoms with Gasteiger partial charge in [0.05, 0.1) is 0 Å². The van der Waals surface area contributed by atoms with Crippen LogP contribution >= 0.6 is 0 Å². The molecular formula is C12H21N3. The van der Waals surface area contributed by atoms with E-state index in [4.69, 9.17) is 5.73 Å². The first-order valence-corrected chi connectivity index (χ1v) is 5.61. The number of hydrogen-bond donors (Lipinski definition) is 1. The van der Waals surface area contributed by atoms with E-state index in [0.29, 0.717) is 12.5 Å². The molecule has 84 valence electrons. The summed E-state index contributed by atoms with van der Waals surface area (Å²) in [5.41, 5.74) is 9.13. The summed E-state index contributed by atoms with van der Waals surface area (Å²) in [7, 11) is 0. The van der Waals surface area contributed by atoms with E-state index in [1.807, 2.05) is 0 Å². The van der Waals surface area contributed by atoms with Crippen LogP contribution in [-0.2, 0) is 12.8 Å². The highest BCUT2D eigenvalue weighted by Crippen LogP contribution is 2.15. The van der Waals surface area contributed by atoms with E-state index in [0.717, 1.165) is 30.1 Å². The molecule has 1 rings (SSSR count). The average molecular weight is 207 g/mol. The summed E-state index contributed by atoms with van der Waals surface area (Å²) < 4.78 is 0. The molecule has 0 fully saturated rings. The van der Waals surface area contributed by atoms with Gasteiger partial charge in [0.1, 0.15) is 5.82 Å². The number of rotatable bonds is 4. The van der Waals surface area contributed by atoms with E-state index in [1.54, 1.807) is 0 Å². The monoisotopic (exact) mass is 207 g/mol. The van der Waals surface area contributed by atoms with E-state index >= 15 is 0 Å². The van der Waals surface area contributed by atoms with Crippen LogP contribution in [0.25, 0.3) is 0 Å². The Morgan fingerprint density at radius 1 is 1.20 bits per heavy atom. The lowest BCUT2D eigenvalue weighted by atomic mass is 9.99. The fourth-order valence-corrected chi connectivity index (χ4v) is 1.69. The van der Waals surface area contributed by atoms with Gasteiger partial charge in [-0.25, -0.2) is 9.97 Å². The second-order valence-corrected chi connectivity index (χ2v) is 4.19. The largest absolute Gasteiger partial charge is 0.330 e. The first-order chi connectivity index (χ1) is 7.08. The molecule has 0 aliphatic heterocycles. The van der Waals surface area contributed by atoms with Gasteiger partial charge in [-0.3, -0.25) is 0 Å². The number of nitrogens with two attached hydrogens (primary N) is 1. The van der Waals surface area contributed by atoms with E-state index in [2.05, 4.69) is 37.7 Å². The van der Waals surface area contributed by atoms with Gasteiger partial charge in [-0.15, -0.1) is 0 Å². The smallest absolute Gasteiger partial charge is 0.128 e. The van der Waals surface area contributed by atoms with Crippen LogP contribution in [0.1, 0.15) is 36.6 Å². The van der Waals surface area contributed by atoms with Crippen LogP contribution in [-0.4, -0.2) is 16.5 Å². The molecule has 0 aliphatic carbocycles. The van der Waals surface area contributed by atoms with Gasteiger partial charge in [-0.05, 0) is 38.3 Å². The van der Waals surface area contributed by atoms with Crippen molar-refractivity contribution in [2.24, 2.45) is 11.7 Å². The molecule has 3 heteroatoms. The number of hydrogen-bond acceptors (Lipinski definition) is 3. The van der Waals surface area contributed by atoms with Gasteiger partial charge in [0.25, 0.3) is 0 Å². The van der Waals surface area contributed by atoms with Crippen molar-refractivity contribution in [1.29, 1.82) is 0 Å². The molecule has 1 atom stereocenters. The van der Waals surface area contributed by atoms with Gasteiger partial charge < -0.3 is 5.73 Å². The summed E-state index contributed by atoms with van der Waals surface area (Å²) in [6, 6.07) is 0. The Labute approximate surface area is 92.1 Å². The van der Waals surface area contributed by atoms with Gasteiger partial charge in [-0.2, -0.15) is 0 Å². The van der Waals surface area contributed by atoms with E-state index in [9.17, 15) is 0 Å². The Morgan fingerprint density at radius 2 is 1.73 bits per heavy atom. The van der Waals surface area contributed by atoms with Crippen LogP contribution in [0.4, 0.5) is 0 Å². The Balaban J connectivity index is 2.98. The zero-order valence-corrected chi connectivity index (χ0v) is 10.2. The Kier molecular flexibility index (Phi) is 4.21. The minimum absolute atomic E-state index is 0.499. The van der Waals surface area contributed by atoms with E-state index in [1.165, 1.54) is 5.56 Å². The molecule has 0 bridgehead atoms. The van der Waals surface area contributed by atoms with Crippen LogP contribution in [0.5, 0.6) is 0 Å². The molecule has 1 aromatic heterocycles. The summed E-state index contributed by atoms with van der Waals surface area (Å²) in [6.45, 7) is 9.08. The van der Waals surface area contributed by atoms with Gasteiger partial charge in [-0.1, -0.05) is 13.8 Å². The molecule has 3 nitrogen and oxygen atoms in total. The van der Waals surface area contributed by atoms with Crippen LogP contribution in [0, 0.1) is 19.8 Å². The lowest BCUT2D eigenvalue weighted by Crippen LogP contribution is -2.16. The van der Waals surface area contributed by atoms with Crippen LogP contribution in [0.2, 0.25) is 0 Å². The topological polar surface area (TPSA) is 51.8 Å². The van der Waals surface area contributed by atoms with Crippen molar-refractivity contribution in [3.8, 4) is 0 Å². The van der Waals surface area contributed by atoms with E-state index < -0.39 is 0 Å². The first kappa shape index (κ1) is 12.1. The van der Waals surface area contributed by atoms with Crippen molar-refractivity contribution in [2.45, 2.75) is 40.5 Å². The second-order valence-electron chi connectivity index (χ2n) is 4.19. The maximum absolute atomic E-state index is 5.64. The Morgan fingerprint density at radius 3 is 2.13 bits per heavy atom. The lowest BCUT2D eigenvalue weighted by molar-refractivity contribution is 0.584. The van der Waals surface area contributed by atoms with Gasteiger partial charge in [0, 0.05) is 17.8 Å². The maximum Gasteiger partial charge on any atom is 0.128 e. The molecule has 0 aromatic carbocycles. The van der Waals surface area contributed by atoms with Gasteiger partial charge in [0.15, 0.2) is 0 Å². The predicted molar refractivity (Wildman–Crippen MR) is 62.8 cm³/mol. The normalized spacial score (nSPS) is 12.9. The minimum Gasteiger partial charge on any atom is -0.330 e. The van der Waals surface area contributed by atoms with Gasteiger partial charge in [0.2, 0.25) is 0 Å². The van der Waals surface area contributed by atoms with Crippen LogP contribution in [0.15, 0.2) is 0 Å². The first-order valence-electron chi connectivity index (χ1n) is 5.61. The standard InChI is InChI=1S/C12H21N3/c1-5-12-14-9(3)11(10(4)15-12)6-8(2)7-13/h8H,5-7,13H2,1-4H3. The molecule has 0 spiro atoms. The van der Waals surface area contributed by atoms with Crippen molar-refractivity contribution in [1.82, 2.24) is 9.97 Å². The molecule has 15 heavy (non-hydrogen) atoms. The average Bonchev–Trinajstić information content (AvgIpc) is 2.22. The highest BCUT2D eigenvalue weighted by Gasteiger charge is 2.10. The number of nitrogens with zero attached hydrogens (tertiary/aromatic N) is 2. The molecule has 0 saturated carbocycles. The van der Waals surface area contributed by atoms with Crippen LogP contribution < -0.4 is 5.73 Å². The van der Waals surface area contributed by atoms with Crippen molar-refractivity contribution >= 4 is 0 Å². The van der Waals surface area contributed by atoms with Crippen molar-refractivity contribution in [3.05, 3.63) is 22.8 Å². The summed E-state index contributed by atoms with van der Waals surface area (Å²) >= 11 is 0. The fraction of sp³-hybridized carbons (Fsp3) is 0.667. The third-order valence-electron chi connectivity index (χ3n) is 2.74. The molecule has 0 aliphatic rings. The summed E-state index contributed by atoms with van der Waals surface area (Å²) in [4.78, 5) is 8.98. The van der Waals surface area contributed by atoms with E-state index in [-0.39, 0.29) is 0 Å². The lowest BCUT2D eigenvalue weighted by Gasteiger charge is -2.13. The number of aromatic nitrogens is 2. The Hall–Kier alpha value is -0.960. The molecular weight excluding hydrogens is 186 g/mol. The molecule has 1 unspecified atom stereocenters. The zero-order valence-electron chi connectivity index (χ0n) is 10.2. The summed E-state index contributed by atoms with van der Waals surface area (Å²) in [5, 5.41) is 0. The van der Waals surface area contributed by atoms with Crippen molar-refractivity contribution < 1.29 is 0 Å². The maximum atomic E-state index is 5.64. The van der Waals surface area contributed by atoms with Crippen molar-refractivity contribution in [2.75, 3.05) is 6.54 Å². The fourth-order valence-electron chi connectivity index (χ4n) is 1.69. The third-order valence-corrected chi connectivity index (χ3v) is 2.74. The summed E-state index contributed by atoms with van der Waals surface area (Å²) in [5.74, 6) is 1.44. The Bertz CT molecular complexity index is 311. The zero-order chi connectivity index (χ0) is 11.4.